The van der Waals surface area contributed by atoms with Crippen LogP contribution in [0.4, 0.5) is 0 Å². The molecule has 0 amide bonds. The van der Waals surface area contributed by atoms with Crippen molar-refractivity contribution < 1.29 is 9.30 Å². The number of unbranched alkanes of at least 4 members (excludes halogenated alkanes) is 3. The largest absolute Gasteiger partial charge is 0.369 e. The van der Waals surface area contributed by atoms with Gasteiger partial charge in [-0.15, -0.1) is 0 Å². The van der Waals surface area contributed by atoms with E-state index in [-0.39, 0.29) is 0 Å². The van der Waals surface area contributed by atoms with Gasteiger partial charge >= 0.3 is 0 Å². The Balaban J connectivity index is 2.23. The third-order valence-electron chi connectivity index (χ3n) is 2.63. The van der Waals surface area contributed by atoms with Crippen LogP contribution in [-0.2, 0) is 17.9 Å². The van der Waals surface area contributed by atoms with Gasteiger partial charge in [0.05, 0.1) is 12.6 Å². The molecule has 0 spiro atoms. The van der Waals surface area contributed by atoms with Gasteiger partial charge in [0.1, 0.15) is 19.0 Å². The van der Waals surface area contributed by atoms with Gasteiger partial charge in [0.25, 0.3) is 5.82 Å². The number of ether oxygens (including phenoxy) is 1. The second-order valence-electron chi connectivity index (χ2n) is 4.12. The lowest BCUT2D eigenvalue weighted by molar-refractivity contribution is -0.705. The molecular formula is C13H22N3O+. The maximum absolute atomic E-state index is 8.44. The van der Waals surface area contributed by atoms with Crippen molar-refractivity contribution in [1.82, 2.24) is 4.98 Å². The van der Waals surface area contributed by atoms with E-state index in [9.17, 15) is 0 Å². The highest BCUT2D eigenvalue weighted by molar-refractivity contribution is 4.74. The smallest absolute Gasteiger partial charge is 0.280 e. The molecule has 1 aromatic rings. The molecule has 1 aromatic heterocycles. The number of aryl methyl sites for hydroxylation is 1. The van der Waals surface area contributed by atoms with Crippen molar-refractivity contribution in [1.29, 1.82) is 5.26 Å². The van der Waals surface area contributed by atoms with Crippen molar-refractivity contribution in [3.63, 3.8) is 0 Å². The van der Waals surface area contributed by atoms with Gasteiger partial charge in [0.2, 0.25) is 0 Å². The number of aromatic amines is 1. The highest BCUT2D eigenvalue weighted by Gasteiger charge is 2.09. The van der Waals surface area contributed by atoms with E-state index in [2.05, 4.69) is 28.7 Å². The molecule has 1 heterocycles. The van der Waals surface area contributed by atoms with Crippen LogP contribution in [0.15, 0.2) is 12.4 Å². The Bertz CT molecular complexity index is 341. The average Bonchev–Trinajstić information content (AvgIpc) is 2.77. The molecule has 0 atom stereocenters. The van der Waals surface area contributed by atoms with Crippen molar-refractivity contribution in [2.45, 2.75) is 52.2 Å². The summed E-state index contributed by atoms with van der Waals surface area (Å²) in [4.78, 5) is 3.20. The standard InChI is InChI=1S/C13H21N3O/c1-2-11-17-12-13-15-8-10-16(13)9-6-4-3-5-7-14/h8,10H,2-6,9,11-12H2,1H3/p+1. The van der Waals surface area contributed by atoms with Crippen LogP contribution in [0.25, 0.3) is 0 Å². The number of nitrogens with one attached hydrogen (secondary N) is 1. The lowest BCUT2D eigenvalue weighted by Crippen LogP contribution is -2.36. The van der Waals surface area contributed by atoms with Crippen LogP contribution in [0.2, 0.25) is 0 Å². The highest BCUT2D eigenvalue weighted by atomic mass is 16.5. The SMILES string of the molecule is CCCOCc1[nH]cc[n+]1CCCCCC#N. The fourth-order valence-electron chi connectivity index (χ4n) is 1.71. The quantitative estimate of drug-likeness (QED) is 0.528. The fraction of sp³-hybridized carbons (Fsp3) is 0.692. The number of rotatable bonds is 9. The Kier molecular flexibility index (Phi) is 7.08. The lowest BCUT2D eigenvalue weighted by atomic mass is 10.2. The van der Waals surface area contributed by atoms with E-state index in [0.717, 1.165) is 44.7 Å². The first-order valence-electron chi connectivity index (χ1n) is 6.39. The molecule has 0 saturated heterocycles. The zero-order valence-electron chi connectivity index (χ0n) is 10.6. The van der Waals surface area contributed by atoms with Gasteiger partial charge in [-0.3, -0.25) is 0 Å². The summed E-state index contributed by atoms with van der Waals surface area (Å²) in [7, 11) is 0. The highest BCUT2D eigenvalue weighted by Crippen LogP contribution is 2.00. The maximum Gasteiger partial charge on any atom is 0.280 e. The zero-order chi connectivity index (χ0) is 12.3. The molecular weight excluding hydrogens is 214 g/mol. The Labute approximate surface area is 103 Å². The van der Waals surface area contributed by atoms with Gasteiger partial charge in [-0.05, 0) is 25.7 Å². The normalized spacial score (nSPS) is 10.4. The van der Waals surface area contributed by atoms with Crippen LogP contribution in [-0.4, -0.2) is 11.6 Å². The van der Waals surface area contributed by atoms with Crippen molar-refractivity contribution in [3.05, 3.63) is 18.2 Å². The number of hydrogen-bond donors (Lipinski definition) is 1. The lowest BCUT2D eigenvalue weighted by Gasteiger charge is -2.01. The average molecular weight is 236 g/mol. The molecule has 1 rings (SSSR count). The van der Waals surface area contributed by atoms with E-state index in [4.69, 9.17) is 10.00 Å². The summed E-state index contributed by atoms with van der Waals surface area (Å²) < 4.78 is 7.71. The van der Waals surface area contributed by atoms with E-state index in [1.807, 2.05) is 6.20 Å². The van der Waals surface area contributed by atoms with Crippen molar-refractivity contribution in [2.75, 3.05) is 6.61 Å². The number of H-pyrrole nitrogens is 1. The predicted octanol–water partition coefficient (Wildman–Crippen LogP) is 2.31. The Morgan fingerprint density at radius 2 is 2.29 bits per heavy atom. The van der Waals surface area contributed by atoms with Gasteiger partial charge < -0.3 is 4.74 Å². The minimum atomic E-state index is 0.652. The monoisotopic (exact) mass is 236 g/mol. The first kappa shape index (κ1) is 13.7. The molecule has 0 fully saturated rings. The first-order valence-corrected chi connectivity index (χ1v) is 6.39. The van der Waals surface area contributed by atoms with Crippen LogP contribution in [0.1, 0.15) is 44.9 Å². The molecule has 0 aliphatic carbocycles. The van der Waals surface area contributed by atoms with Gasteiger partial charge in [-0.1, -0.05) is 6.92 Å². The summed E-state index contributed by atoms with van der Waals surface area (Å²) in [5.41, 5.74) is 0. The van der Waals surface area contributed by atoms with E-state index >= 15 is 0 Å². The predicted molar refractivity (Wildman–Crippen MR) is 65.0 cm³/mol. The summed E-state index contributed by atoms with van der Waals surface area (Å²) in [6.07, 6.45) is 8.95. The van der Waals surface area contributed by atoms with E-state index in [1.165, 1.54) is 0 Å². The first-order chi connectivity index (χ1) is 8.38. The number of imidazole rings is 1. The van der Waals surface area contributed by atoms with Crippen LogP contribution >= 0.6 is 0 Å². The summed E-state index contributed by atoms with van der Waals surface area (Å²) in [6, 6.07) is 2.17. The second kappa shape index (κ2) is 8.77. The molecule has 1 N–H and O–H groups in total. The fourth-order valence-corrected chi connectivity index (χ4v) is 1.71. The van der Waals surface area contributed by atoms with Crippen LogP contribution in [0.5, 0.6) is 0 Å². The third-order valence-corrected chi connectivity index (χ3v) is 2.63. The molecule has 17 heavy (non-hydrogen) atoms. The van der Waals surface area contributed by atoms with Crippen molar-refractivity contribution in [3.8, 4) is 6.07 Å². The van der Waals surface area contributed by atoms with Gasteiger partial charge in [-0.25, -0.2) is 9.55 Å². The van der Waals surface area contributed by atoms with Crippen molar-refractivity contribution in [2.24, 2.45) is 0 Å². The third kappa shape index (κ3) is 5.50. The van der Waals surface area contributed by atoms with E-state index < -0.39 is 0 Å². The minimum Gasteiger partial charge on any atom is -0.369 e. The van der Waals surface area contributed by atoms with Gasteiger partial charge in [-0.2, -0.15) is 5.26 Å². The number of nitriles is 1. The van der Waals surface area contributed by atoms with Crippen LogP contribution in [0, 0.1) is 11.3 Å². The van der Waals surface area contributed by atoms with E-state index in [0.29, 0.717) is 13.0 Å². The van der Waals surface area contributed by atoms with Gasteiger partial charge in [0, 0.05) is 13.0 Å². The molecule has 0 bridgehead atoms. The zero-order valence-corrected chi connectivity index (χ0v) is 10.6. The number of nitrogens with zero attached hydrogens (tertiary/aromatic N) is 2. The summed E-state index contributed by atoms with van der Waals surface area (Å²) in [6.45, 7) is 4.57. The topological polar surface area (TPSA) is 52.7 Å². The Morgan fingerprint density at radius 1 is 1.41 bits per heavy atom. The van der Waals surface area contributed by atoms with Gasteiger partial charge in [0.15, 0.2) is 0 Å². The van der Waals surface area contributed by atoms with E-state index in [1.54, 1.807) is 0 Å². The number of hydrogen-bond acceptors (Lipinski definition) is 2. The molecule has 0 saturated carbocycles. The second-order valence-corrected chi connectivity index (χ2v) is 4.12. The van der Waals surface area contributed by atoms with Crippen LogP contribution < -0.4 is 4.57 Å². The molecule has 94 valence electrons. The molecule has 0 aliphatic heterocycles. The molecule has 0 radical (unpaired) electrons. The summed E-state index contributed by atoms with van der Waals surface area (Å²) >= 11 is 0. The summed E-state index contributed by atoms with van der Waals surface area (Å²) in [5, 5.41) is 8.44. The molecule has 4 heteroatoms. The molecule has 4 nitrogen and oxygen atoms in total. The van der Waals surface area contributed by atoms with Crippen molar-refractivity contribution >= 4 is 0 Å². The van der Waals surface area contributed by atoms with Crippen LogP contribution in [0.3, 0.4) is 0 Å². The molecule has 0 aliphatic rings. The Morgan fingerprint density at radius 3 is 3.06 bits per heavy atom. The number of aromatic nitrogens is 2. The summed E-state index contributed by atoms with van der Waals surface area (Å²) in [5.74, 6) is 1.12. The Hall–Kier alpha value is -1.34. The molecule has 0 unspecified atom stereocenters. The maximum atomic E-state index is 8.44. The minimum absolute atomic E-state index is 0.652. The molecule has 0 aromatic carbocycles.